The van der Waals surface area contributed by atoms with Gasteiger partial charge in [-0.15, -0.1) is 0 Å². The molecule has 8 nitrogen and oxygen atoms in total. The van der Waals surface area contributed by atoms with Crippen molar-refractivity contribution in [1.82, 2.24) is 24.5 Å². The van der Waals surface area contributed by atoms with Crippen molar-refractivity contribution in [3.63, 3.8) is 0 Å². The SMILES string of the molecule is CCN(C(=O)c1cc(-c2cnn(-c3c(OC(F)F)c(C(C)(F)F)nn3C)c2)ccc1Cl)C1(C#N)CC1. The Bertz CT molecular complexity index is 1350. The Morgan fingerprint density at radius 3 is 2.61 bits per heavy atom. The molecule has 13 heteroatoms. The van der Waals surface area contributed by atoms with Gasteiger partial charge >= 0.3 is 6.61 Å². The van der Waals surface area contributed by atoms with E-state index in [1.807, 2.05) is 0 Å². The summed E-state index contributed by atoms with van der Waals surface area (Å²) in [7, 11) is 1.30. The number of halogens is 5. The van der Waals surface area contributed by atoms with Gasteiger partial charge in [0.15, 0.2) is 17.3 Å². The van der Waals surface area contributed by atoms with E-state index in [-0.39, 0.29) is 16.4 Å². The lowest BCUT2D eigenvalue weighted by Crippen LogP contribution is -2.41. The monoisotopic (exact) mass is 524 g/mol. The van der Waals surface area contributed by atoms with E-state index >= 15 is 0 Å². The number of hydrogen-bond donors (Lipinski definition) is 0. The average Bonchev–Trinajstić information content (AvgIpc) is 3.31. The third-order valence-electron chi connectivity index (χ3n) is 5.94. The lowest BCUT2D eigenvalue weighted by atomic mass is 10.0. The van der Waals surface area contributed by atoms with E-state index in [1.165, 1.54) is 36.5 Å². The quantitative estimate of drug-likeness (QED) is 0.380. The van der Waals surface area contributed by atoms with Crippen molar-refractivity contribution in [3.05, 3.63) is 46.9 Å². The van der Waals surface area contributed by atoms with Gasteiger partial charge in [0.25, 0.3) is 11.8 Å². The van der Waals surface area contributed by atoms with Gasteiger partial charge < -0.3 is 9.64 Å². The minimum atomic E-state index is -3.55. The molecule has 0 bridgehead atoms. The Morgan fingerprint density at radius 1 is 1.36 bits per heavy atom. The Kier molecular flexibility index (Phi) is 6.47. The van der Waals surface area contributed by atoms with Crippen molar-refractivity contribution in [2.24, 2.45) is 7.05 Å². The van der Waals surface area contributed by atoms with Gasteiger partial charge in [-0.2, -0.15) is 33.0 Å². The van der Waals surface area contributed by atoms with Crippen LogP contribution < -0.4 is 4.74 Å². The maximum absolute atomic E-state index is 14.0. The van der Waals surface area contributed by atoms with Crippen molar-refractivity contribution in [2.75, 3.05) is 6.54 Å². The number of benzene rings is 1. The molecule has 0 saturated heterocycles. The first-order valence-electron chi connectivity index (χ1n) is 10.9. The minimum Gasteiger partial charge on any atom is -0.428 e. The maximum Gasteiger partial charge on any atom is 0.387 e. The third kappa shape index (κ3) is 4.51. The zero-order chi connectivity index (χ0) is 26.4. The lowest BCUT2D eigenvalue weighted by molar-refractivity contribution is -0.0565. The fourth-order valence-corrected chi connectivity index (χ4v) is 4.23. The molecule has 0 N–H and O–H groups in total. The van der Waals surface area contributed by atoms with Crippen LogP contribution in [0, 0.1) is 11.3 Å². The molecule has 0 spiro atoms. The molecule has 1 aliphatic carbocycles. The molecule has 36 heavy (non-hydrogen) atoms. The van der Waals surface area contributed by atoms with Crippen molar-refractivity contribution in [3.8, 4) is 28.8 Å². The predicted molar refractivity (Wildman–Crippen MR) is 121 cm³/mol. The summed E-state index contributed by atoms with van der Waals surface area (Å²) in [6.45, 7) is -0.741. The first kappa shape index (κ1) is 25.5. The lowest BCUT2D eigenvalue weighted by Gasteiger charge is -2.26. The first-order valence-corrected chi connectivity index (χ1v) is 11.3. The van der Waals surface area contributed by atoms with E-state index in [0.717, 1.165) is 9.36 Å². The van der Waals surface area contributed by atoms with Gasteiger partial charge in [-0.1, -0.05) is 17.7 Å². The molecule has 1 aromatic carbocycles. The van der Waals surface area contributed by atoms with Gasteiger partial charge in [0, 0.05) is 32.3 Å². The molecule has 0 unspecified atom stereocenters. The second-order valence-electron chi connectivity index (χ2n) is 8.45. The zero-order valence-electron chi connectivity index (χ0n) is 19.5. The number of amides is 1. The Morgan fingerprint density at radius 2 is 2.06 bits per heavy atom. The topological polar surface area (TPSA) is 89.0 Å². The summed E-state index contributed by atoms with van der Waals surface area (Å²) in [5.74, 6) is -4.98. The standard InChI is InChI=1S/C23H21ClF4N6O2/c1-4-33(23(12-29)7-8-23)20(35)15-9-13(5-6-16(15)24)14-10-30-34(11-14)19-17(36-21(25)26)18(22(2,27)28)31-32(19)3/h5-6,9-11,21H,4,7-8H2,1-3H3. The molecule has 0 radical (unpaired) electrons. The Labute approximate surface area is 208 Å². The fraction of sp³-hybridized carbons (Fsp3) is 0.391. The third-order valence-corrected chi connectivity index (χ3v) is 6.27. The highest BCUT2D eigenvalue weighted by atomic mass is 35.5. The fourth-order valence-electron chi connectivity index (χ4n) is 4.04. The number of aryl methyl sites for hydroxylation is 1. The number of hydrogen-bond acceptors (Lipinski definition) is 5. The van der Waals surface area contributed by atoms with Crippen molar-refractivity contribution < 1.29 is 27.1 Å². The van der Waals surface area contributed by atoms with Crippen molar-refractivity contribution in [1.29, 1.82) is 5.26 Å². The molecular weight excluding hydrogens is 504 g/mol. The molecule has 0 aliphatic heterocycles. The molecule has 0 atom stereocenters. The highest BCUT2D eigenvalue weighted by molar-refractivity contribution is 6.34. The van der Waals surface area contributed by atoms with Crippen LogP contribution in [0.25, 0.3) is 16.9 Å². The van der Waals surface area contributed by atoms with Gasteiger partial charge in [-0.25, -0.2) is 9.36 Å². The van der Waals surface area contributed by atoms with Crippen LogP contribution in [0.1, 0.15) is 42.7 Å². The van der Waals surface area contributed by atoms with Gasteiger partial charge in [0.1, 0.15) is 5.54 Å². The highest BCUT2D eigenvalue weighted by Gasteiger charge is 2.50. The summed E-state index contributed by atoms with van der Waals surface area (Å²) in [4.78, 5) is 14.7. The van der Waals surface area contributed by atoms with Crippen LogP contribution in [-0.2, 0) is 13.0 Å². The van der Waals surface area contributed by atoms with E-state index in [4.69, 9.17) is 11.6 Å². The number of alkyl halides is 4. The van der Waals surface area contributed by atoms with Gasteiger partial charge in [0.05, 0.1) is 22.9 Å². The van der Waals surface area contributed by atoms with Crippen molar-refractivity contribution >= 4 is 17.5 Å². The zero-order valence-corrected chi connectivity index (χ0v) is 20.2. The molecule has 3 aromatic rings. The molecule has 1 fully saturated rings. The number of rotatable bonds is 8. The molecule has 190 valence electrons. The molecule has 1 amide bonds. The van der Waals surface area contributed by atoms with Crippen LogP contribution >= 0.6 is 11.6 Å². The van der Waals surface area contributed by atoms with E-state index in [0.29, 0.717) is 37.4 Å². The van der Waals surface area contributed by atoms with Crippen LogP contribution in [0.4, 0.5) is 17.6 Å². The van der Waals surface area contributed by atoms with Crippen LogP contribution in [0.3, 0.4) is 0 Å². The Hall–Kier alpha value is -3.59. The average molecular weight is 525 g/mol. The normalized spacial score (nSPS) is 14.6. The summed E-state index contributed by atoms with van der Waals surface area (Å²) in [5.41, 5.74) is -0.663. The summed E-state index contributed by atoms with van der Waals surface area (Å²) in [6, 6.07) is 6.88. The Balaban J connectivity index is 1.73. The number of aromatic nitrogens is 4. The highest BCUT2D eigenvalue weighted by Crippen LogP contribution is 2.42. The number of carbonyl (C=O) groups is 1. The van der Waals surface area contributed by atoms with Crippen LogP contribution in [0.15, 0.2) is 30.6 Å². The summed E-state index contributed by atoms with van der Waals surface area (Å²) in [6.07, 6.45) is 3.94. The molecule has 4 rings (SSSR count). The maximum atomic E-state index is 14.0. The predicted octanol–water partition coefficient (Wildman–Crippen LogP) is 5.16. The number of ether oxygens (including phenoxy) is 1. The first-order chi connectivity index (χ1) is 16.9. The largest absolute Gasteiger partial charge is 0.428 e. The smallest absolute Gasteiger partial charge is 0.387 e. The molecule has 1 saturated carbocycles. The van der Waals surface area contributed by atoms with E-state index in [9.17, 15) is 27.6 Å². The summed E-state index contributed by atoms with van der Waals surface area (Å²) < 4.78 is 60.5. The van der Waals surface area contributed by atoms with Gasteiger partial charge in [-0.05, 0) is 37.5 Å². The number of nitrogens with zero attached hydrogens (tertiary/aromatic N) is 6. The van der Waals surface area contributed by atoms with Gasteiger partial charge in [0.2, 0.25) is 0 Å². The molecular formula is C23H21ClF4N6O2. The van der Waals surface area contributed by atoms with Gasteiger partial charge in [-0.3, -0.25) is 4.79 Å². The number of nitriles is 1. The molecule has 2 heterocycles. The van der Waals surface area contributed by atoms with Crippen molar-refractivity contribution in [2.45, 2.75) is 44.8 Å². The molecule has 2 aromatic heterocycles. The minimum absolute atomic E-state index is 0.181. The van der Waals surface area contributed by atoms with E-state index < -0.39 is 35.4 Å². The summed E-state index contributed by atoms with van der Waals surface area (Å²) in [5, 5.41) is 17.5. The molecule has 1 aliphatic rings. The van der Waals surface area contributed by atoms with Crippen LogP contribution in [-0.4, -0.2) is 49.1 Å². The van der Waals surface area contributed by atoms with E-state index in [1.54, 1.807) is 13.0 Å². The summed E-state index contributed by atoms with van der Waals surface area (Å²) >= 11 is 6.31. The second kappa shape index (κ2) is 9.13. The van der Waals surface area contributed by atoms with Crippen LogP contribution in [0.5, 0.6) is 5.75 Å². The second-order valence-corrected chi connectivity index (χ2v) is 8.86. The number of carbonyl (C=O) groups excluding carboxylic acids is 1. The van der Waals surface area contributed by atoms with E-state index in [2.05, 4.69) is 21.0 Å². The van der Waals surface area contributed by atoms with Crippen LogP contribution in [0.2, 0.25) is 5.02 Å².